The molecule has 0 fully saturated rings. The summed E-state index contributed by atoms with van der Waals surface area (Å²) in [5.74, 6) is 0.490. The van der Waals surface area contributed by atoms with Gasteiger partial charge in [-0.05, 0) is 73.0 Å². The van der Waals surface area contributed by atoms with Crippen molar-refractivity contribution >= 4 is 33.4 Å². The first-order valence-corrected chi connectivity index (χ1v) is 13.1. The number of carboxylic acids is 1. The van der Waals surface area contributed by atoms with Gasteiger partial charge in [0.1, 0.15) is 5.75 Å². The van der Waals surface area contributed by atoms with Crippen LogP contribution in [-0.4, -0.2) is 26.1 Å². The minimum absolute atomic E-state index is 0.0369. The second kappa shape index (κ2) is 11.2. The number of aryl methyl sites for hydroxylation is 1. The summed E-state index contributed by atoms with van der Waals surface area (Å²) in [4.78, 5) is 12.2. The SMILES string of the molecule is CCCCOc1ccc(CSc2ccc(NS(=O)(=O)c3ccc(C)c(C(=O)O)c3)cc2)cc1. The monoisotopic (exact) mass is 485 g/mol. The van der Waals surface area contributed by atoms with Crippen LogP contribution in [0.15, 0.2) is 76.5 Å². The number of hydrogen-bond acceptors (Lipinski definition) is 5. The fraction of sp³-hybridized carbons (Fsp3) is 0.240. The highest BCUT2D eigenvalue weighted by molar-refractivity contribution is 7.98. The smallest absolute Gasteiger partial charge is 0.335 e. The zero-order valence-corrected chi connectivity index (χ0v) is 20.2. The molecular weight excluding hydrogens is 458 g/mol. The molecule has 0 heterocycles. The van der Waals surface area contributed by atoms with E-state index in [1.54, 1.807) is 30.8 Å². The van der Waals surface area contributed by atoms with E-state index < -0.39 is 16.0 Å². The maximum Gasteiger partial charge on any atom is 0.335 e. The zero-order valence-electron chi connectivity index (χ0n) is 18.6. The highest BCUT2D eigenvalue weighted by Gasteiger charge is 2.18. The summed E-state index contributed by atoms with van der Waals surface area (Å²) in [5.41, 5.74) is 2.04. The molecule has 0 unspecified atom stereocenters. The van der Waals surface area contributed by atoms with Crippen molar-refractivity contribution in [2.45, 2.75) is 42.2 Å². The molecule has 3 rings (SSSR count). The minimum Gasteiger partial charge on any atom is -0.494 e. The summed E-state index contributed by atoms with van der Waals surface area (Å²) < 4.78 is 33.5. The Morgan fingerprint density at radius 1 is 1.03 bits per heavy atom. The van der Waals surface area contributed by atoms with Crippen molar-refractivity contribution < 1.29 is 23.1 Å². The Labute approximate surface area is 199 Å². The number of thioether (sulfide) groups is 1. The number of ether oxygens (including phenoxy) is 1. The molecule has 3 aromatic rings. The Balaban J connectivity index is 1.59. The fourth-order valence-electron chi connectivity index (χ4n) is 3.01. The summed E-state index contributed by atoms with van der Waals surface area (Å²) in [6.45, 7) is 4.48. The van der Waals surface area contributed by atoms with Gasteiger partial charge in [-0.1, -0.05) is 31.5 Å². The van der Waals surface area contributed by atoms with Crippen LogP contribution < -0.4 is 9.46 Å². The largest absolute Gasteiger partial charge is 0.494 e. The molecule has 0 aliphatic rings. The predicted octanol–water partition coefficient (Wildman–Crippen LogP) is 5.97. The van der Waals surface area contributed by atoms with E-state index in [4.69, 9.17) is 4.74 Å². The summed E-state index contributed by atoms with van der Waals surface area (Å²) in [6, 6.07) is 19.2. The van der Waals surface area contributed by atoms with Gasteiger partial charge in [0.25, 0.3) is 10.0 Å². The third kappa shape index (κ3) is 7.00. The number of benzene rings is 3. The van der Waals surface area contributed by atoms with Gasteiger partial charge in [-0.2, -0.15) is 0 Å². The Morgan fingerprint density at radius 3 is 2.36 bits per heavy atom. The minimum atomic E-state index is -3.90. The van der Waals surface area contributed by atoms with E-state index in [1.807, 2.05) is 36.4 Å². The third-order valence-corrected chi connectivity index (χ3v) is 7.41. The molecule has 174 valence electrons. The highest BCUT2D eigenvalue weighted by atomic mass is 32.2. The van der Waals surface area contributed by atoms with Crippen molar-refractivity contribution in [1.29, 1.82) is 0 Å². The average molecular weight is 486 g/mol. The zero-order chi connectivity index (χ0) is 23.8. The van der Waals surface area contributed by atoms with Crippen LogP contribution in [0.5, 0.6) is 5.75 Å². The van der Waals surface area contributed by atoms with E-state index in [0.717, 1.165) is 35.8 Å². The number of carboxylic acid groups (broad SMARTS) is 1. The van der Waals surface area contributed by atoms with E-state index in [0.29, 0.717) is 11.3 Å². The molecule has 0 amide bonds. The average Bonchev–Trinajstić information content (AvgIpc) is 2.79. The van der Waals surface area contributed by atoms with Gasteiger partial charge in [-0.15, -0.1) is 11.8 Å². The van der Waals surface area contributed by atoms with Crippen LogP contribution in [0.4, 0.5) is 5.69 Å². The Bertz CT molecular complexity index is 1190. The molecule has 0 radical (unpaired) electrons. The van der Waals surface area contributed by atoms with Crippen LogP contribution in [0, 0.1) is 6.92 Å². The molecule has 8 heteroatoms. The summed E-state index contributed by atoms with van der Waals surface area (Å²) in [7, 11) is -3.90. The summed E-state index contributed by atoms with van der Waals surface area (Å²) in [6.07, 6.45) is 2.14. The van der Waals surface area contributed by atoms with Crippen LogP contribution in [0.2, 0.25) is 0 Å². The maximum absolute atomic E-state index is 12.7. The number of aromatic carboxylic acids is 1. The fourth-order valence-corrected chi connectivity index (χ4v) is 4.95. The van der Waals surface area contributed by atoms with Crippen molar-refractivity contribution in [3.8, 4) is 5.75 Å². The van der Waals surface area contributed by atoms with Crippen LogP contribution in [0.1, 0.15) is 41.3 Å². The molecule has 0 spiro atoms. The van der Waals surface area contributed by atoms with Gasteiger partial charge in [0.05, 0.1) is 17.1 Å². The quantitative estimate of drug-likeness (QED) is 0.257. The molecule has 6 nitrogen and oxygen atoms in total. The number of unbranched alkanes of at least 4 members (excludes halogenated alkanes) is 1. The summed E-state index contributed by atoms with van der Waals surface area (Å²) in [5, 5.41) is 9.24. The van der Waals surface area contributed by atoms with Gasteiger partial charge in [0, 0.05) is 16.3 Å². The molecule has 3 aromatic carbocycles. The van der Waals surface area contributed by atoms with E-state index in [9.17, 15) is 18.3 Å². The number of anilines is 1. The second-order valence-electron chi connectivity index (χ2n) is 7.55. The predicted molar refractivity (Wildman–Crippen MR) is 132 cm³/mol. The maximum atomic E-state index is 12.7. The lowest BCUT2D eigenvalue weighted by molar-refractivity contribution is 0.0696. The van der Waals surface area contributed by atoms with Crippen molar-refractivity contribution in [2.24, 2.45) is 0 Å². The molecule has 0 saturated carbocycles. The number of hydrogen-bond donors (Lipinski definition) is 2. The first-order valence-electron chi connectivity index (χ1n) is 10.6. The van der Waals surface area contributed by atoms with Crippen LogP contribution >= 0.6 is 11.8 Å². The molecule has 33 heavy (non-hydrogen) atoms. The van der Waals surface area contributed by atoms with Gasteiger partial charge in [0.15, 0.2) is 0 Å². The van der Waals surface area contributed by atoms with Gasteiger partial charge in [0.2, 0.25) is 0 Å². The number of nitrogens with one attached hydrogen (secondary N) is 1. The molecule has 0 aromatic heterocycles. The molecule has 0 aliphatic carbocycles. The first kappa shape index (κ1) is 24.7. The summed E-state index contributed by atoms with van der Waals surface area (Å²) >= 11 is 1.65. The molecule has 2 N–H and O–H groups in total. The Morgan fingerprint density at radius 2 is 1.73 bits per heavy atom. The van der Waals surface area contributed by atoms with E-state index >= 15 is 0 Å². The van der Waals surface area contributed by atoms with Crippen molar-refractivity contribution in [3.05, 3.63) is 83.4 Å². The van der Waals surface area contributed by atoms with Gasteiger partial charge in [-0.25, -0.2) is 13.2 Å². The lowest BCUT2D eigenvalue weighted by atomic mass is 10.1. The standard InChI is InChI=1S/C25H27NO5S2/c1-3-4-15-31-21-10-6-19(7-11-21)17-32-22-12-8-20(9-13-22)26-33(29,30)23-14-5-18(2)24(16-23)25(27)28/h5-14,16,26H,3-4,15,17H2,1-2H3,(H,27,28). The van der Waals surface area contributed by atoms with Crippen LogP contribution in [0.25, 0.3) is 0 Å². The molecular formula is C25H27NO5S2. The molecule has 0 saturated heterocycles. The van der Waals surface area contributed by atoms with Gasteiger partial charge < -0.3 is 9.84 Å². The first-order chi connectivity index (χ1) is 15.8. The van der Waals surface area contributed by atoms with Crippen LogP contribution in [-0.2, 0) is 15.8 Å². The lowest BCUT2D eigenvalue weighted by Crippen LogP contribution is -2.14. The Kier molecular flexibility index (Phi) is 8.41. The van der Waals surface area contributed by atoms with Crippen molar-refractivity contribution in [1.82, 2.24) is 0 Å². The molecule has 0 bridgehead atoms. The highest BCUT2D eigenvalue weighted by Crippen LogP contribution is 2.26. The molecule has 0 aliphatic heterocycles. The number of rotatable bonds is 11. The van der Waals surface area contributed by atoms with Gasteiger partial charge >= 0.3 is 5.97 Å². The van der Waals surface area contributed by atoms with E-state index in [1.165, 1.54) is 23.8 Å². The molecule has 0 atom stereocenters. The van der Waals surface area contributed by atoms with Crippen molar-refractivity contribution in [2.75, 3.05) is 11.3 Å². The van der Waals surface area contributed by atoms with E-state index in [-0.39, 0.29) is 10.5 Å². The lowest BCUT2D eigenvalue weighted by Gasteiger charge is -2.10. The third-order valence-electron chi connectivity index (χ3n) is 4.95. The number of carbonyl (C=O) groups is 1. The second-order valence-corrected chi connectivity index (χ2v) is 10.3. The Hall–Kier alpha value is -2.97. The normalized spacial score (nSPS) is 11.2. The topological polar surface area (TPSA) is 92.7 Å². The van der Waals surface area contributed by atoms with Crippen molar-refractivity contribution in [3.63, 3.8) is 0 Å². The van der Waals surface area contributed by atoms with Gasteiger partial charge in [-0.3, -0.25) is 4.72 Å². The number of sulfonamides is 1. The van der Waals surface area contributed by atoms with Crippen LogP contribution in [0.3, 0.4) is 0 Å². The van der Waals surface area contributed by atoms with E-state index in [2.05, 4.69) is 11.6 Å².